The minimum atomic E-state index is 0.469. The second-order valence-electron chi connectivity index (χ2n) is 4.53. The van der Waals surface area contributed by atoms with Crippen LogP contribution in [0.5, 0.6) is 17.2 Å². The van der Waals surface area contributed by atoms with Crippen LogP contribution in [0.4, 0.5) is 0 Å². The molecule has 0 fully saturated rings. The van der Waals surface area contributed by atoms with Gasteiger partial charge in [-0.15, -0.1) is 0 Å². The average Bonchev–Trinajstić information content (AvgIpc) is 2.53. The SMILES string of the molecule is CNCc1ccc(OCCOc2ccccc2)c(OC)c1. The van der Waals surface area contributed by atoms with Crippen molar-refractivity contribution in [2.45, 2.75) is 6.54 Å². The highest BCUT2D eigenvalue weighted by Gasteiger charge is 2.05. The summed E-state index contributed by atoms with van der Waals surface area (Å²) in [6, 6.07) is 15.6. The zero-order chi connectivity index (χ0) is 14.9. The molecular formula is C17H21NO3. The van der Waals surface area contributed by atoms with Gasteiger partial charge in [0.15, 0.2) is 11.5 Å². The van der Waals surface area contributed by atoms with Crippen molar-refractivity contribution in [3.63, 3.8) is 0 Å². The van der Waals surface area contributed by atoms with Crippen molar-refractivity contribution < 1.29 is 14.2 Å². The lowest BCUT2D eigenvalue weighted by molar-refractivity contribution is 0.211. The molecule has 0 atom stereocenters. The largest absolute Gasteiger partial charge is 0.493 e. The smallest absolute Gasteiger partial charge is 0.161 e. The van der Waals surface area contributed by atoms with Crippen LogP contribution >= 0.6 is 0 Å². The second kappa shape index (κ2) is 8.17. The summed E-state index contributed by atoms with van der Waals surface area (Å²) in [6.07, 6.45) is 0. The van der Waals surface area contributed by atoms with E-state index >= 15 is 0 Å². The topological polar surface area (TPSA) is 39.7 Å². The van der Waals surface area contributed by atoms with Gasteiger partial charge in [-0.05, 0) is 36.9 Å². The van der Waals surface area contributed by atoms with Gasteiger partial charge in [0.05, 0.1) is 7.11 Å². The van der Waals surface area contributed by atoms with Crippen molar-refractivity contribution in [3.8, 4) is 17.2 Å². The molecule has 0 radical (unpaired) electrons. The summed E-state index contributed by atoms with van der Waals surface area (Å²) in [5.74, 6) is 2.31. The van der Waals surface area contributed by atoms with Crippen LogP contribution in [0.3, 0.4) is 0 Å². The number of hydrogen-bond donors (Lipinski definition) is 1. The maximum Gasteiger partial charge on any atom is 0.161 e. The third kappa shape index (κ3) is 4.68. The Morgan fingerprint density at radius 1 is 0.905 bits per heavy atom. The van der Waals surface area contributed by atoms with Crippen LogP contribution in [0.15, 0.2) is 48.5 Å². The van der Waals surface area contributed by atoms with Gasteiger partial charge in [0, 0.05) is 6.54 Å². The number of ether oxygens (including phenoxy) is 3. The fourth-order valence-electron chi connectivity index (χ4n) is 1.97. The Labute approximate surface area is 125 Å². The molecule has 0 saturated heterocycles. The molecule has 2 aromatic carbocycles. The lowest BCUT2D eigenvalue weighted by atomic mass is 10.2. The highest BCUT2D eigenvalue weighted by atomic mass is 16.5. The average molecular weight is 287 g/mol. The number of rotatable bonds is 8. The molecule has 4 nitrogen and oxygen atoms in total. The van der Waals surface area contributed by atoms with Gasteiger partial charge in [0.1, 0.15) is 19.0 Å². The predicted molar refractivity (Wildman–Crippen MR) is 83.2 cm³/mol. The molecule has 1 N–H and O–H groups in total. The number of methoxy groups -OCH3 is 1. The van der Waals surface area contributed by atoms with Crippen molar-refractivity contribution in [2.75, 3.05) is 27.4 Å². The molecule has 0 amide bonds. The number of benzene rings is 2. The highest BCUT2D eigenvalue weighted by Crippen LogP contribution is 2.28. The number of para-hydroxylation sites is 1. The summed E-state index contributed by atoms with van der Waals surface area (Å²) in [7, 11) is 3.56. The number of nitrogens with one attached hydrogen (secondary N) is 1. The van der Waals surface area contributed by atoms with E-state index in [1.54, 1.807) is 7.11 Å². The molecule has 0 aliphatic rings. The molecule has 0 spiro atoms. The Balaban J connectivity index is 1.85. The van der Waals surface area contributed by atoms with Gasteiger partial charge in [0.2, 0.25) is 0 Å². The summed E-state index contributed by atoms with van der Waals surface area (Å²) in [4.78, 5) is 0. The molecule has 0 aromatic heterocycles. The summed E-state index contributed by atoms with van der Waals surface area (Å²) < 4.78 is 16.7. The van der Waals surface area contributed by atoms with Gasteiger partial charge in [-0.25, -0.2) is 0 Å². The van der Waals surface area contributed by atoms with Gasteiger partial charge in [-0.3, -0.25) is 0 Å². The molecule has 2 aromatic rings. The van der Waals surface area contributed by atoms with E-state index in [-0.39, 0.29) is 0 Å². The molecule has 0 unspecified atom stereocenters. The fourth-order valence-corrected chi connectivity index (χ4v) is 1.97. The standard InChI is InChI=1S/C17H21NO3/c1-18-13-14-8-9-16(17(12-14)19-2)21-11-10-20-15-6-4-3-5-7-15/h3-9,12,18H,10-11,13H2,1-2H3. The van der Waals surface area contributed by atoms with E-state index in [0.717, 1.165) is 29.4 Å². The Bertz CT molecular complexity index is 543. The molecule has 0 aliphatic carbocycles. The first kappa shape index (κ1) is 15.2. The van der Waals surface area contributed by atoms with Gasteiger partial charge < -0.3 is 19.5 Å². The molecule has 0 saturated carbocycles. The van der Waals surface area contributed by atoms with Crippen LogP contribution in [-0.2, 0) is 6.54 Å². The fraction of sp³-hybridized carbons (Fsp3) is 0.294. The van der Waals surface area contributed by atoms with E-state index in [2.05, 4.69) is 5.32 Å². The molecule has 0 heterocycles. The molecule has 21 heavy (non-hydrogen) atoms. The van der Waals surface area contributed by atoms with Gasteiger partial charge in [0.25, 0.3) is 0 Å². The zero-order valence-corrected chi connectivity index (χ0v) is 12.5. The van der Waals surface area contributed by atoms with Crippen LogP contribution in [-0.4, -0.2) is 27.4 Å². The van der Waals surface area contributed by atoms with Crippen LogP contribution in [0.1, 0.15) is 5.56 Å². The van der Waals surface area contributed by atoms with Crippen molar-refractivity contribution >= 4 is 0 Å². The third-order valence-electron chi connectivity index (χ3n) is 2.96. The quantitative estimate of drug-likeness (QED) is 0.758. The predicted octanol–water partition coefficient (Wildman–Crippen LogP) is 2.87. The zero-order valence-electron chi connectivity index (χ0n) is 12.5. The first-order chi connectivity index (χ1) is 10.3. The molecule has 112 valence electrons. The van der Waals surface area contributed by atoms with Crippen LogP contribution in [0, 0.1) is 0 Å². The van der Waals surface area contributed by atoms with Crippen LogP contribution < -0.4 is 19.5 Å². The van der Waals surface area contributed by atoms with Crippen LogP contribution in [0.2, 0.25) is 0 Å². The molecule has 0 bridgehead atoms. The maximum atomic E-state index is 5.71. The monoisotopic (exact) mass is 287 g/mol. The Morgan fingerprint density at radius 3 is 2.38 bits per heavy atom. The van der Waals surface area contributed by atoms with E-state index in [4.69, 9.17) is 14.2 Å². The first-order valence-electron chi connectivity index (χ1n) is 6.95. The van der Waals surface area contributed by atoms with E-state index in [0.29, 0.717) is 13.2 Å². The molecular weight excluding hydrogens is 266 g/mol. The van der Waals surface area contributed by atoms with Crippen molar-refractivity contribution in [3.05, 3.63) is 54.1 Å². The van der Waals surface area contributed by atoms with Crippen molar-refractivity contribution in [1.82, 2.24) is 5.32 Å². The molecule has 4 heteroatoms. The van der Waals surface area contributed by atoms with E-state index in [9.17, 15) is 0 Å². The Hall–Kier alpha value is -2.20. The molecule has 0 aliphatic heterocycles. The number of hydrogen-bond acceptors (Lipinski definition) is 4. The normalized spacial score (nSPS) is 10.2. The minimum absolute atomic E-state index is 0.469. The summed E-state index contributed by atoms with van der Waals surface area (Å²) in [5.41, 5.74) is 1.15. The lowest BCUT2D eigenvalue weighted by Gasteiger charge is -2.12. The van der Waals surface area contributed by atoms with E-state index in [1.807, 2.05) is 55.6 Å². The maximum absolute atomic E-state index is 5.71. The summed E-state index contributed by atoms with van der Waals surface area (Å²) >= 11 is 0. The first-order valence-corrected chi connectivity index (χ1v) is 6.95. The third-order valence-corrected chi connectivity index (χ3v) is 2.96. The van der Waals surface area contributed by atoms with E-state index < -0.39 is 0 Å². The molecule has 2 rings (SSSR count). The van der Waals surface area contributed by atoms with Gasteiger partial charge in [-0.2, -0.15) is 0 Å². The van der Waals surface area contributed by atoms with E-state index in [1.165, 1.54) is 0 Å². The van der Waals surface area contributed by atoms with Crippen LogP contribution in [0.25, 0.3) is 0 Å². The summed E-state index contributed by atoms with van der Waals surface area (Å²) in [6.45, 7) is 1.76. The second-order valence-corrected chi connectivity index (χ2v) is 4.53. The highest BCUT2D eigenvalue weighted by molar-refractivity contribution is 5.42. The summed E-state index contributed by atoms with van der Waals surface area (Å²) in [5, 5.41) is 3.11. The lowest BCUT2D eigenvalue weighted by Crippen LogP contribution is -2.10. The van der Waals surface area contributed by atoms with Crippen molar-refractivity contribution in [2.24, 2.45) is 0 Å². The van der Waals surface area contributed by atoms with Gasteiger partial charge >= 0.3 is 0 Å². The Kier molecular flexibility index (Phi) is 5.91. The minimum Gasteiger partial charge on any atom is -0.493 e. The van der Waals surface area contributed by atoms with Crippen molar-refractivity contribution in [1.29, 1.82) is 0 Å². The van der Waals surface area contributed by atoms with Gasteiger partial charge in [-0.1, -0.05) is 24.3 Å². The Morgan fingerprint density at radius 2 is 1.67 bits per heavy atom.